The van der Waals surface area contributed by atoms with Gasteiger partial charge in [0.05, 0.1) is 18.2 Å². The van der Waals surface area contributed by atoms with Crippen molar-refractivity contribution < 1.29 is 31.5 Å². The molecule has 0 unspecified atom stereocenters. The summed E-state index contributed by atoms with van der Waals surface area (Å²) in [4.78, 5) is 24.1. The van der Waals surface area contributed by atoms with Crippen molar-refractivity contribution in [1.29, 1.82) is 0 Å². The first-order valence-corrected chi connectivity index (χ1v) is 12.3. The lowest BCUT2D eigenvalue weighted by Crippen LogP contribution is -2.39. The Kier molecular flexibility index (Phi) is 8.68. The third-order valence-corrected chi connectivity index (χ3v) is 5.71. The van der Waals surface area contributed by atoms with Crippen LogP contribution in [-0.2, 0) is 19.6 Å². The maximum absolute atomic E-state index is 13.5. The number of anilines is 2. The Balaban J connectivity index is 1.49. The zero-order valence-electron chi connectivity index (χ0n) is 19.0. The molecule has 3 rings (SSSR count). The highest BCUT2D eigenvalue weighted by molar-refractivity contribution is 7.92. The van der Waals surface area contributed by atoms with Gasteiger partial charge in [-0.15, -0.1) is 0 Å². The molecule has 0 heterocycles. The van der Waals surface area contributed by atoms with Crippen molar-refractivity contribution in [2.75, 3.05) is 29.0 Å². The average Bonchev–Trinajstić information content (AvgIpc) is 2.83. The first kappa shape index (κ1) is 26.3. The first-order chi connectivity index (χ1) is 17.1. The molecule has 0 aliphatic carbocycles. The number of nitrogens with one attached hydrogen (secondary N) is 2. The van der Waals surface area contributed by atoms with Crippen LogP contribution in [0.3, 0.4) is 0 Å². The van der Waals surface area contributed by atoms with Gasteiger partial charge in [-0.1, -0.05) is 6.07 Å². The lowest BCUT2D eigenvalue weighted by atomic mass is 10.2. The maximum atomic E-state index is 13.5. The van der Waals surface area contributed by atoms with Crippen LogP contribution in [0.2, 0.25) is 0 Å². The molecule has 12 heteroatoms. The normalized spacial score (nSPS) is 11.2. The van der Waals surface area contributed by atoms with Gasteiger partial charge in [0, 0.05) is 5.69 Å². The third-order valence-electron chi connectivity index (χ3n) is 4.56. The molecule has 0 fully saturated rings. The van der Waals surface area contributed by atoms with Gasteiger partial charge in [0.2, 0.25) is 10.0 Å². The monoisotopic (exact) mass is 516 g/mol. The van der Waals surface area contributed by atoms with Crippen LogP contribution in [0.4, 0.5) is 20.2 Å². The predicted octanol–water partition coefficient (Wildman–Crippen LogP) is 2.90. The lowest BCUT2D eigenvalue weighted by Gasteiger charge is -2.21. The minimum absolute atomic E-state index is 0.0126. The smallest absolute Gasteiger partial charge is 0.262 e. The average molecular weight is 517 g/mol. The second-order valence-corrected chi connectivity index (χ2v) is 9.36. The van der Waals surface area contributed by atoms with Crippen LogP contribution in [-0.4, -0.2) is 45.9 Å². The van der Waals surface area contributed by atoms with E-state index in [-0.39, 0.29) is 12.3 Å². The number of sulfonamides is 1. The number of hydrogen-bond acceptors (Lipinski definition) is 6. The van der Waals surface area contributed by atoms with E-state index in [1.807, 2.05) is 0 Å². The standard InChI is InChI=1S/C24H22F2N4O5S/c1-36(33,34)30(21-4-2-3-19(26)13-21)15-23(31)29-27-14-17-5-11-22(12-6-17)35-16-24(32)28-20-9-7-18(25)8-10-20/h2-14H,15-16H2,1H3,(H,28,32)(H,29,31)/b27-14-. The summed E-state index contributed by atoms with van der Waals surface area (Å²) >= 11 is 0. The fourth-order valence-electron chi connectivity index (χ4n) is 2.91. The second-order valence-electron chi connectivity index (χ2n) is 7.46. The Bertz CT molecular complexity index is 1350. The fourth-order valence-corrected chi connectivity index (χ4v) is 3.75. The van der Waals surface area contributed by atoms with E-state index in [0.717, 1.165) is 22.7 Å². The summed E-state index contributed by atoms with van der Waals surface area (Å²) in [7, 11) is -3.85. The summed E-state index contributed by atoms with van der Waals surface area (Å²) in [5, 5.41) is 6.37. The number of carbonyl (C=O) groups is 2. The zero-order chi connectivity index (χ0) is 26.1. The van der Waals surface area contributed by atoms with Gasteiger partial charge in [-0.3, -0.25) is 13.9 Å². The number of halogens is 2. The van der Waals surface area contributed by atoms with E-state index in [9.17, 15) is 26.8 Å². The number of rotatable bonds is 10. The Morgan fingerprint density at radius 1 is 0.972 bits per heavy atom. The molecule has 0 saturated carbocycles. The van der Waals surface area contributed by atoms with E-state index in [1.165, 1.54) is 42.6 Å². The number of benzene rings is 3. The minimum atomic E-state index is -3.85. The molecule has 3 aromatic carbocycles. The Hall–Kier alpha value is -4.32. The predicted molar refractivity (Wildman–Crippen MR) is 131 cm³/mol. The molecule has 0 bridgehead atoms. The van der Waals surface area contributed by atoms with Gasteiger partial charge in [0.25, 0.3) is 11.8 Å². The van der Waals surface area contributed by atoms with E-state index in [1.54, 1.807) is 24.3 Å². The van der Waals surface area contributed by atoms with Crippen LogP contribution in [0.5, 0.6) is 5.75 Å². The summed E-state index contributed by atoms with van der Waals surface area (Å²) < 4.78 is 56.6. The number of hydrazone groups is 1. The van der Waals surface area contributed by atoms with Crippen LogP contribution in [0, 0.1) is 11.6 Å². The van der Waals surface area contributed by atoms with Crippen molar-refractivity contribution in [3.05, 3.63) is 90.0 Å². The molecule has 36 heavy (non-hydrogen) atoms. The Morgan fingerprint density at radius 3 is 2.31 bits per heavy atom. The highest BCUT2D eigenvalue weighted by Gasteiger charge is 2.21. The maximum Gasteiger partial charge on any atom is 0.262 e. The van der Waals surface area contributed by atoms with Gasteiger partial charge in [0.15, 0.2) is 6.61 Å². The van der Waals surface area contributed by atoms with Crippen LogP contribution in [0.15, 0.2) is 77.9 Å². The van der Waals surface area contributed by atoms with Crippen molar-refractivity contribution in [2.45, 2.75) is 0 Å². The van der Waals surface area contributed by atoms with Gasteiger partial charge in [-0.25, -0.2) is 22.6 Å². The zero-order valence-corrected chi connectivity index (χ0v) is 19.8. The highest BCUT2D eigenvalue weighted by Crippen LogP contribution is 2.18. The van der Waals surface area contributed by atoms with Crippen molar-refractivity contribution in [2.24, 2.45) is 5.10 Å². The highest BCUT2D eigenvalue weighted by atomic mass is 32.2. The number of amides is 2. The molecule has 0 aromatic heterocycles. The quantitative estimate of drug-likeness (QED) is 0.318. The van der Waals surface area contributed by atoms with Crippen molar-refractivity contribution in [3.8, 4) is 5.75 Å². The summed E-state index contributed by atoms with van der Waals surface area (Å²) in [5.74, 6) is -1.79. The van der Waals surface area contributed by atoms with E-state index in [0.29, 0.717) is 17.0 Å². The molecule has 0 atom stereocenters. The number of carbonyl (C=O) groups excluding carboxylic acids is 2. The Morgan fingerprint density at radius 2 is 1.67 bits per heavy atom. The van der Waals surface area contributed by atoms with Crippen LogP contribution >= 0.6 is 0 Å². The van der Waals surface area contributed by atoms with Gasteiger partial charge >= 0.3 is 0 Å². The van der Waals surface area contributed by atoms with Gasteiger partial charge < -0.3 is 10.1 Å². The van der Waals surface area contributed by atoms with E-state index in [4.69, 9.17) is 4.74 Å². The molecule has 9 nitrogen and oxygen atoms in total. The lowest BCUT2D eigenvalue weighted by molar-refractivity contribution is -0.119. The minimum Gasteiger partial charge on any atom is -0.484 e. The number of ether oxygens (including phenoxy) is 1. The van der Waals surface area contributed by atoms with E-state index < -0.39 is 40.0 Å². The van der Waals surface area contributed by atoms with Crippen LogP contribution < -0.4 is 19.8 Å². The third kappa shape index (κ3) is 8.17. The largest absolute Gasteiger partial charge is 0.484 e. The molecular formula is C24H22F2N4O5S. The molecule has 188 valence electrons. The molecule has 0 spiro atoms. The Labute approximate surface area is 206 Å². The number of hydrogen-bond donors (Lipinski definition) is 2. The fraction of sp³-hybridized carbons (Fsp3) is 0.125. The van der Waals surface area contributed by atoms with Crippen molar-refractivity contribution >= 4 is 39.4 Å². The summed E-state index contributed by atoms with van der Waals surface area (Å²) in [6.07, 6.45) is 2.24. The molecule has 2 amide bonds. The number of nitrogens with zero attached hydrogens (tertiary/aromatic N) is 2. The van der Waals surface area contributed by atoms with Crippen molar-refractivity contribution in [1.82, 2.24) is 5.43 Å². The molecule has 0 saturated heterocycles. The topological polar surface area (TPSA) is 117 Å². The van der Waals surface area contributed by atoms with Crippen LogP contribution in [0.1, 0.15) is 5.56 Å². The summed E-state index contributed by atoms with van der Waals surface area (Å²) in [5.41, 5.74) is 3.26. The van der Waals surface area contributed by atoms with E-state index in [2.05, 4.69) is 15.8 Å². The molecule has 3 aromatic rings. The van der Waals surface area contributed by atoms with Gasteiger partial charge in [-0.2, -0.15) is 5.10 Å². The summed E-state index contributed by atoms with van der Waals surface area (Å²) in [6, 6.07) is 16.6. The SMILES string of the molecule is CS(=O)(=O)N(CC(=O)N/N=C\c1ccc(OCC(=O)Nc2ccc(F)cc2)cc1)c1cccc(F)c1. The second kappa shape index (κ2) is 11.9. The first-order valence-electron chi connectivity index (χ1n) is 10.4. The van der Waals surface area contributed by atoms with Crippen molar-refractivity contribution in [3.63, 3.8) is 0 Å². The van der Waals surface area contributed by atoms with Gasteiger partial charge in [-0.05, 0) is 72.3 Å². The molecule has 0 radical (unpaired) electrons. The van der Waals surface area contributed by atoms with E-state index >= 15 is 0 Å². The van der Waals surface area contributed by atoms with Gasteiger partial charge in [0.1, 0.15) is 23.9 Å². The van der Waals surface area contributed by atoms with Crippen LogP contribution in [0.25, 0.3) is 0 Å². The summed E-state index contributed by atoms with van der Waals surface area (Å²) in [6.45, 7) is -0.852. The molecule has 0 aliphatic heterocycles. The molecular weight excluding hydrogens is 494 g/mol. The molecule has 0 aliphatic rings. The molecule has 2 N–H and O–H groups in total.